The number of nitrogens with zero attached hydrogens (tertiary/aromatic N) is 4. The molecular weight excluding hydrogens is 240 g/mol. The fourth-order valence-electron chi connectivity index (χ4n) is 3.80. The van der Waals surface area contributed by atoms with Crippen LogP contribution in [0, 0.1) is 0 Å². The van der Waals surface area contributed by atoms with Crippen molar-refractivity contribution >= 4 is 5.65 Å². The molecule has 0 amide bonds. The van der Waals surface area contributed by atoms with E-state index in [0.717, 1.165) is 24.2 Å². The minimum Gasteiger partial charge on any atom is -0.383 e. The Kier molecular flexibility index (Phi) is 2.26. The maximum Gasteiger partial charge on any atom is 0.153 e. The van der Waals surface area contributed by atoms with E-state index in [4.69, 9.17) is 0 Å². The second kappa shape index (κ2) is 3.77. The second-order valence-electron chi connectivity index (χ2n) is 5.93. The summed E-state index contributed by atoms with van der Waals surface area (Å²) in [5, 5.41) is 15.4. The van der Waals surface area contributed by atoms with E-state index in [2.05, 4.69) is 22.0 Å². The fraction of sp³-hybridized carbons (Fsp3) is 0.571. The highest BCUT2D eigenvalue weighted by atomic mass is 16.3. The summed E-state index contributed by atoms with van der Waals surface area (Å²) in [6.45, 7) is 0. The van der Waals surface area contributed by atoms with Gasteiger partial charge in [-0.15, -0.1) is 0 Å². The Morgan fingerprint density at radius 2 is 2.05 bits per heavy atom. The minimum absolute atomic E-state index is 0.484. The Bertz CT molecular complexity index is 609. The molecule has 0 radical (unpaired) electrons. The number of fused-ring (bicyclic) bond motifs is 3. The first-order valence-electron chi connectivity index (χ1n) is 6.91. The van der Waals surface area contributed by atoms with E-state index >= 15 is 0 Å². The number of hydrogen-bond acceptors (Lipinski definition) is 4. The van der Waals surface area contributed by atoms with Gasteiger partial charge in [0.05, 0.1) is 11.9 Å². The molecule has 0 aliphatic carbocycles. The van der Waals surface area contributed by atoms with Crippen LogP contribution >= 0.6 is 0 Å². The SMILES string of the molecule is CN1C2CCC1CC(O)(c1cnc3cccnn13)C2. The number of aliphatic hydroxyl groups is 1. The number of piperidine rings is 1. The summed E-state index contributed by atoms with van der Waals surface area (Å²) in [6.07, 6.45) is 7.47. The van der Waals surface area contributed by atoms with Gasteiger partial charge in [-0.3, -0.25) is 0 Å². The van der Waals surface area contributed by atoms with E-state index in [-0.39, 0.29) is 0 Å². The Hall–Kier alpha value is -1.46. The van der Waals surface area contributed by atoms with Gasteiger partial charge < -0.3 is 10.0 Å². The third-order valence-corrected chi connectivity index (χ3v) is 4.89. The molecule has 19 heavy (non-hydrogen) atoms. The first-order chi connectivity index (χ1) is 9.17. The predicted molar refractivity (Wildman–Crippen MR) is 70.7 cm³/mol. The van der Waals surface area contributed by atoms with Gasteiger partial charge in [0.2, 0.25) is 0 Å². The number of aromatic nitrogens is 3. The molecule has 2 aromatic rings. The predicted octanol–water partition coefficient (Wildman–Crippen LogP) is 1.17. The van der Waals surface area contributed by atoms with Gasteiger partial charge in [0.1, 0.15) is 5.60 Å². The van der Waals surface area contributed by atoms with Crippen LogP contribution in [0.4, 0.5) is 0 Å². The van der Waals surface area contributed by atoms with E-state index < -0.39 is 5.60 Å². The smallest absolute Gasteiger partial charge is 0.153 e. The highest BCUT2D eigenvalue weighted by Crippen LogP contribution is 2.44. The summed E-state index contributed by atoms with van der Waals surface area (Å²) in [6, 6.07) is 4.76. The largest absolute Gasteiger partial charge is 0.383 e. The number of rotatable bonds is 1. The summed E-state index contributed by atoms with van der Waals surface area (Å²) in [4.78, 5) is 6.78. The molecule has 2 unspecified atom stereocenters. The van der Waals surface area contributed by atoms with Crippen molar-refractivity contribution in [1.29, 1.82) is 0 Å². The lowest BCUT2D eigenvalue weighted by Gasteiger charge is -2.41. The quantitative estimate of drug-likeness (QED) is 0.834. The van der Waals surface area contributed by atoms with Crippen LogP contribution in [0.15, 0.2) is 24.5 Å². The normalized spacial score (nSPS) is 35.1. The van der Waals surface area contributed by atoms with Crippen LogP contribution in [0.1, 0.15) is 31.4 Å². The molecule has 0 saturated carbocycles. The summed E-state index contributed by atoms with van der Waals surface area (Å²) < 4.78 is 1.78. The lowest BCUT2D eigenvalue weighted by molar-refractivity contribution is -0.0535. The molecule has 0 spiro atoms. The van der Waals surface area contributed by atoms with Gasteiger partial charge in [-0.25, -0.2) is 9.50 Å². The zero-order valence-electron chi connectivity index (χ0n) is 11.0. The summed E-state index contributed by atoms with van der Waals surface area (Å²) in [5.41, 5.74) is 0.858. The lowest BCUT2D eigenvalue weighted by Crippen LogP contribution is -2.48. The van der Waals surface area contributed by atoms with Crippen LogP contribution in [-0.2, 0) is 5.60 Å². The van der Waals surface area contributed by atoms with Gasteiger partial charge in [-0.2, -0.15) is 5.10 Å². The van der Waals surface area contributed by atoms with Crippen molar-refractivity contribution in [1.82, 2.24) is 19.5 Å². The summed E-state index contributed by atoms with van der Waals surface area (Å²) in [7, 11) is 2.18. The molecule has 4 heterocycles. The van der Waals surface area contributed by atoms with Gasteiger partial charge in [-0.1, -0.05) is 0 Å². The van der Waals surface area contributed by atoms with Crippen LogP contribution in [0.3, 0.4) is 0 Å². The Morgan fingerprint density at radius 3 is 2.79 bits per heavy atom. The van der Waals surface area contributed by atoms with Crippen molar-refractivity contribution in [2.24, 2.45) is 0 Å². The van der Waals surface area contributed by atoms with Gasteiger partial charge in [0.15, 0.2) is 5.65 Å². The van der Waals surface area contributed by atoms with Crippen molar-refractivity contribution < 1.29 is 5.11 Å². The average Bonchev–Trinajstić information content (AvgIpc) is 2.92. The van der Waals surface area contributed by atoms with E-state index in [1.165, 1.54) is 12.8 Å². The standard InChI is InChI=1S/C14H18N4O/c1-17-10-4-5-11(17)8-14(19,7-10)12-9-15-13-3-2-6-16-18(12)13/h2-3,6,9-11,19H,4-5,7-8H2,1H3. The van der Waals surface area contributed by atoms with Crippen molar-refractivity contribution in [3.8, 4) is 0 Å². The molecule has 5 nitrogen and oxygen atoms in total. The van der Waals surface area contributed by atoms with E-state index in [1.54, 1.807) is 16.9 Å². The third-order valence-electron chi connectivity index (χ3n) is 4.89. The molecular formula is C14H18N4O. The number of hydrogen-bond donors (Lipinski definition) is 1. The minimum atomic E-state index is -0.786. The molecule has 1 N–H and O–H groups in total. The zero-order valence-corrected chi connectivity index (χ0v) is 11.0. The zero-order chi connectivity index (χ0) is 13.0. The third kappa shape index (κ3) is 1.55. The molecule has 2 saturated heterocycles. The van der Waals surface area contributed by atoms with E-state index in [1.807, 2.05) is 12.1 Å². The topological polar surface area (TPSA) is 53.7 Å². The Morgan fingerprint density at radius 1 is 1.32 bits per heavy atom. The van der Waals surface area contributed by atoms with Crippen LogP contribution < -0.4 is 0 Å². The number of imidazole rings is 1. The van der Waals surface area contributed by atoms with Gasteiger partial charge >= 0.3 is 0 Å². The second-order valence-corrected chi connectivity index (χ2v) is 5.93. The first kappa shape index (κ1) is 11.4. The lowest BCUT2D eigenvalue weighted by atomic mass is 9.84. The van der Waals surface area contributed by atoms with Gasteiger partial charge in [0.25, 0.3) is 0 Å². The van der Waals surface area contributed by atoms with Crippen molar-refractivity contribution in [2.75, 3.05) is 7.05 Å². The molecule has 2 aromatic heterocycles. The fourth-order valence-corrected chi connectivity index (χ4v) is 3.80. The van der Waals surface area contributed by atoms with E-state index in [9.17, 15) is 5.11 Å². The molecule has 2 aliphatic rings. The molecule has 100 valence electrons. The summed E-state index contributed by atoms with van der Waals surface area (Å²) >= 11 is 0. The first-order valence-corrected chi connectivity index (χ1v) is 6.91. The molecule has 2 bridgehead atoms. The maximum atomic E-state index is 11.1. The monoisotopic (exact) mass is 258 g/mol. The van der Waals surface area contributed by atoms with Crippen LogP contribution in [-0.4, -0.2) is 43.7 Å². The highest BCUT2D eigenvalue weighted by Gasteiger charge is 2.48. The highest BCUT2D eigenvalue weighted by molar-refractivity contribution is 5.39. The van der Waals surface area contributed by atoms with Crippen molar-refractivity contribution in [3.05, 3.63) is 30.2 Å². The van der Waals surface area contributed by atoms with Crippen LogP contribution in [0.25, 0.3) is 5.65 Å². The van der Waals surface area contributed by atoms with Crippen molar-refractivity contribution in [2.45, 2.75) is 43.4 Å². The molecule has 2 atom stereocenters. The molecule has 0 aromatic carbocycles. The molecule has 2 fully saturated rings. The maximum absolute atomic E-state index is 11.1. The van der Waals surface area contributed by atoms with Crippen LogP contribution in [0.5, 0.6) is 0 Å². The Balaban J connectivity index is 1.79. The molecule has 5 heteroatoms. The van der Waals surface area contributed by atoms with Crippen LogP contribution in [0.2, 0.25) is 0 Å². The van der Waals surface area contributed by atoms with Gasteiger partial charge in [0, 0.05) is 18.3 Å². The van der Waals surface area contributed by atoms with Gasteiger partial charge in [-0.05, 0) is 44.9 Å². The molecule has 4 rings (SSSR count). The summed E-state index contributed by atoms with van der Waals surface area (Å²) in [5.74, 6) is 0. The molecule has 2 aliphatic heterocycles. The van der Waals surface area contributed by atoms with Crippen molar-refractivity contribution in [3.63, 3.8) is 0 Å². The van der Waals surface area contributed by atoms with E-state index in [0.29, 0.717) is 12.1 Å². The Labute approximate surface area is 111 Å². The average molecular weight is 258 g/mol.